The van der Waals surface area contributed by atoms with Crippen LogP contribution in [0.25, 0.3) is 0 Å². The van der Waals surface area contributed by atoms with E-state index in [1.54, 1.807) is 13.8 Å². The molecule has 0 radical (unpaired) electrons. The van der Waals surface area contributed by atoms with Gasteiger partial charge in [-0.25, -0.2) is 0 Å². The molecule has 0 aliphatic rings. The average Bonchev–Trinajstić information content (AvgIpc) is 2.50. The van der Waals surface area contributed by atoms with Crippen molar-refractivity contribution in [3.8, 4) is 11.5 Å². The molecule has 0 aromatic heterocycles. The fourth-order valence-corrected chi connectivity index (χ4v) is 2.84. The topological polar surface area (TPSA) is 104 Å². The minimum atomic E-state index is -0.849. The Labute approximate surface area is 154 Å². The second kappa shape index (κ2) is 8.92. The summed E-state index contributed by atoms with van der Waals surface area (Å²) in [6.07, 6.45) is 3.41. The third-order valence-corrected chi connectivity index (χ3v) is 4.67. The van der Waals surface area contributed by atoms with Crippen molar-refractivity contribution in [2.45, 2.75) is 71.8 Å². The van der Waals surface area contributed by atoms with E-state index in [1.165, 1.54) is 12.1 Å². The van der Waals surface area contributed by atoms with Crippen molar-refractivity contribution in [2.75, 3.05) is 0 Å². The maximum absolute atomic E-state index is 11.2. The van der Waals surface area contributed by atoms with Crippen molar-refractivity contribution in [1.29, 1.82) is 0 Å². The second-order valence-electron chi connectivity index (χ2n) is 7.98. The molecule has 0 heterocycles. The second-order valence-corrected chi connectivity index (χ2v) is 7.98. The van der Waals surface area contributed by atoms with Gasteiger partial charge in [0, 0.05) is 0 Å². The summed E-state index contributed by atoms with van der Waals surface area (Å²) in [5, 5.41) is 29.6. The molecule has 0 bridgehead atoms. The molecular weight excluding hydrogens is 336 g/mol. The van der Waals surface area contributed by atoms with Crippen LogP contribution >= 0.6 is 0 Å². The molecule has 146 valence electrons. The highest BCUT2D eigenvalue weighted by atomic mass is 16.5. The number of aromatic hydroxyl groups is 2. The van der Waals surface area contributed by atoms with Crippen LogP contribution in [0.5, 0.6) is 11.5 Å². The van der Waals surface area contributed by atoms with E-state index >= 15 is 0 Å². The molecule has 3 N–H and O–H groups in total. The zero-order chi connectivity index (χ0) is 20.0. The number of phenols is 2. The lowest BCUT2D eigenvalue weighted by Crippen LogP contribution is -2.23. The lowest BCUT2D eigenvalue weighted by molar-refractivity contribution is -0.147. The van der Waals surface area contributed by atoms with E-state index < -0.39 is 17.0 Å². The van der Waals surface area contributed by atoms with Gasteiger partial charge in [-0.05, 0) is 89.5 Å². The molecule has 1 aromatic carbocycles. The molecule has 0 unspecified atom stereocenters. The highest BCUT2D eigenvalue weighted by Crippen LogP contribution is 2.32. The number of phenolic OH excluding ortho intramolecular Hbond substituents is 2. The molecular formula is C20H30O6. The van der Waals surface area contributed by atoms with Gasteiger partial charge in [-0.1, -0.05) is 0 Å². The van der Waals surface area contributed by atoms with Crippen LogP contribution in [0.15, 0.2) is 12.1 Å². The van der Waals surface area contributed by atoms with E-state index in [4.69, 9.17) is 9.84 Å². The van der Waals surface area contributed by atoms with Crippen LogP contribution in [0.3, 0.4) is 0 Å². The van der Waals surface area contributed by atoms with Gasteiger partial charge in [0.15, 0.2) is 0 Å². The molecule has 0 aliphatic carbocycles. The zero-order valence-electron chi connectivity index (χ0n) is 16.0. The van der Waals surface area contributed by atoms with E-state index in [1.807, 2.05) is 13.8 Å². The summed E-state index contributed by atoms with van der Waals surface area (Å²) >= 11 is 0. The van der Waals surface area contributed by atoms with Crippen LogP contribution in [-0.4, -0.2) is 33.4 Å². The fraction of sp³-hybridized carbons (Fsp3) is 0.600. The summed E-state index contributed by atoms with van der Waals surface area (Å²) in [5.74, 6) is -0.628. The quantitative estimate of drug-likeness (QED) is 0.406. The summed E-state index contributed by atoms with van der Waals surface area (Å²) in [6.45, 7) is 7.42. The summed E-state index contributed by atoms with van der Waals surface area (Å²) in [6, 6.07) is 3.06. The summed E-state index contributed by atoms with van der Waals surface area (Å²) in [7, 11) is 0. The Balaban J connectivity index is 2.72. The van der Waals surface area contributed by atoms with E-state index in [9.17, 15) is 19.8 Å². The molecule has 0 amide bonds. The van der Waals surface area contributed by atoms with Gasteiger partial charge < -0.3 is 20.1 Å². The lowest BCUT2D eigenvalue weighted by atomic mass is 9.86. The summed E-state index contributed by atoms with van der Waals surface area (Å²) in [5.41, 5.74) is -0.136. The standard InChI is InChI=1S/C20H30O6/c1-19(2,18(24)25)9-5-7-14-11-16(22)12-15(17(14)23)8-6-10-20(3,4)26-13-21/h11-13,22-23H,5-10H2,1-4H3,(H,24,25). The molecule has 0 spiro atoms. The van der Waals surface area contributed by atoms with Gasteiger partial charge >= 0.3 is 5.97 Å². The number of ether oxygens (including phenoxy) is 1. The SMILES string of the molecule is CC(C)(CCCc1cc(O)cc(CCCC(C)(C)C(=O)O)c1O)OC=O. The normalized spacial score (nSPS) is 12.0. The smallest absolute Gasteiger partial charge is 0.309 e. The number of aliphatic carboxylic acids is 1. The van der Waals surface area contributed by atoms with E-state index in [2.05, 4.69) is 0 Å². The van der Waals surface area contributed by atoms with Crippen LogP contribution in [0, 0.1) is 5.41 Å². The largest absolute Gasteiger partial charge is 0.508 e. The van der Waals surface area contributed by atoms with E-state index in [0.29, 0.717) is 56.1 Å². The molecule has 6 nitrogen and oxygen atoms in total. The van der Waals surface area contributed by atoms with Gasteiger partial charge in [0.05, 0.1) is 5.41 Å². The third kappa shape index (κ3) is 6.58. The molecule has 6 heteroatoms. The first-order valence-corrected chi connectivity index (χ1v) is 8.87. The number of carboxylic acid groups (broad SMARTS) is 1. The zero-order valence-corrected chi connectivity index (χ0v) is 16.0. The third-order valence-electron chi connectivity index (χ3n) is 4.67. The molecule has 0 saturated heterocycles. The summed E-state index contributed by atoms with van der Waals surface area (Å²) in [4.78, 5) is 21.6. The van der Waals surface area contributed by atoms with E-state index in [-0.39, 0.29) is 11.5 Å². The average molecular weight is 366 g/mol. The molecule has 1 rings (SSSR count). The first-order chi connectivity index (χ1) is 12.0. The van der Waals surface area contributed by atoms with Crippen molar-refractivity contribution in [2.24, 2.45) is 5.41 Å². The lowest BCUT2D eigenvalue weighted by Gasteiger charge is -2.22. The van der Waals surface area contributed by atoms with Crippen LogP contribution in [0.1, 0.15) is 64.5 Å². The predicted molar refractivity (Wildman–Crippen MR) is 98.3 cm³/mol. The maximum Gasteiger partial charge on any atom is 0.309 e. The highest BCUT2D eigenvalue weighted by Gasteiger charge is 2.26. The predicted octanol–water partition coefficient (Wildman–Crippen LogP) is 3.81. The Morgan fingerprint density at radius 1 is 1.04 bits per heavy atom. The number of hydrogen-bond acceptors (Lipinski definition) is 5. The first kappa shape index (κ1) is 21.8. The molecule has 0 atom stereocenters. The minimum Gasteiger partial charge on any atom is -0.508 e. The van der Waals surface area contributed by atoms with Crippen LogP contribution < -0.4 is 0 Å². The van der Waals surface area contributed by atoms with Crippen molar-refractivity contribution >= 4 is 12.4 Å². The molecule has 1 aromatic rings. The number of rotatable bonds is 11. The van der Waals surface area contributed by atoms with Crippen LogP contribution in [0.4, 0.5) is 0 Å². The number of aryl methyl sites for hydroxylation is 2. The molecule has 0 saturated carbocycles. The van der Waals surface area contributed by atoms with Crippen LogP contribution in [0.2, 0.25) is 0 Å². The van der Waals surface area contributed by atoms with Gasteiger partial charge in [0.2, 0.25) is 0 Å². The fourth-order valence-electron chi connectivity index (χ4n) is 2.84. The van der Waals surface area contributed by atoms with Crippen molar-refractivity contribution in [3.63, 3.8) is 0 Å². The maximum atomic E-state index is 11.2. The van der Waals surface area contributed by atoms with Gasteiger partial charge in [-0.3, -0.25) is 9.59 Å². The van der Waals surface area contributed by atoms with Crippen molar-refractivity contribution in [1.82, 2.24) is 0 Å². The Hall–Kier alpha value is -2.24. The first-order valence-electron chi connectivity index (χ1n) is 8.87. The Bertz CT molecular complexity index is 633. The minimum absolute atomic E-state index is 0.0775. The van der Waals surface area contributed by atoms with Crippen LogP contribution in [-0.2, 0) is 27.2 Å². The summed E-state index contributed by atoms with van der Waals surface area (Å²) < 4.78 is 5.01. The number of carboxylic acids is 1. The van der Waals surface area contributed by atoms with Gasteiger partial charge in [-0.2, -0.15) is 0 Å². The Morgan fingerprint density at radius 3 is 2.00 bits per heavy atom. The number of benzene rings is 1. The number of carbonyl (C=O) groups is 2. The molecule has 26 heavy (non-hydrogen) atoms. The Morgan fingerprint density at radius 2 is 1.54 bits per heavy atom. The number of hydrogen-bond donors (Lipinski definition) is 3. The van der Waals surface area contributed by atoms with Crippen molar-refractivity contribution in [3.05, 3.63) is 23.3 Å². The number of carbonyl (C=O) groups excluding carboxylic acids is 1. The van der Waals surface area contributed by atoms with Crippen molar-refractivity contribution < 1.29 is 29.6 Å². The Kier molecular flexibility index (Phi) is 7.48. The van der Waals surface area contributed by atoms with Gasteiger partial charge in [0.25, 0.3) is 6.47 Å². The van der Waals surface area contributed by atoms with Gasteiger partial charge in [0.1, 0.15) is 17.1 Å². The molecule has 0 aliphatic heterocycles. The highest BCUT2D eigenvalue weighted by molar-refractivity contribution is 5.73. The van der Waals surface area contributed by atoms with Gasteiger partial charge in [-0.15, -0.1) is 0 Å². The monoisotopic (exact) mass is 366 g/mol. The molecule has 0 fully saturated rings. The van der Waals surface area contributed by atoms with E-state index in [0.717, 1.165) is 0 Å².